The van der Waals surface area contributed by atoms with Crippen molar-refractivity contribution in [2.45, 2.75) is 0 Å². The second kappa shape index (κ2) is 7.69. The second-order valence-corrected chi connectivity index (χ2v) is 4.96. The average molecular weight is 339 g/mol. The van der Waals surface area contributed by atoms with Gasteiger partial charge in [-0.1, -0.05) is 23.2 Å². The minimum absolute atomic E-state index is 0. The lowest BCUT2D eigenvalue weighted by molar-refractivity contribution is 0.0950. The maximum absolute atomic E-state index is 11.9. The number of urea groups is 1. The lowest BCUT2D eigenvalue weighted by Crippen LogP contribution is -2.51. The molecule has 0 aliphatic carbocycles. The Hall–Kier alpha value is -1.01. The number of rotatable bonds is 1. The van der Waals surface area contributed by atoms with Crippen molar-refractivity contribution < 1.29 is 9.59 Å². The summed E-state index contributed by atoms with van der Waals surface area (Å²) in [6, 6.07) is 4.10. The van der Waals surface area contributed by atoms with E-state index in [1.807, 2.05) is 0 Å². The predicted octanol–water partition coefficient (Wildman–Crippen LogP) is 2.17. The van der Waals surface area contributed by atoms with Crippen LogP contribution in [0.1, 0.15) is 10.4 Å². The molecule has 1 fully saturated rings. The number of halogens is 3. The van der Waals surface area contributed by atoms with E-state index in [1.54, 1.807) is 11.0 Å². The summed E-state index contributed by atoms with van der Waals surface area (Å²) in [7, 11) is 0. The molecular formula is C12H14Cl3N3O2. The summed E-state index contributed by atoms with van der Waals surface area (Å²) in [6.45, 7) is 2.60. The summed E-state index contributed by atoms with van der Waals surface area (Å²) >= 11 is 11.7. The van der Waals surface area contributed by atoms with Gasteiger partial charge in [-0.2, -0.15) is 0 Å². The average Bonchev–Trinajstić information content (AvgIpc) is 2.39. The van der Waals surface area contributed by atoms with Crippen molar-refractivity contribution in [1.29, 1.82) is 0 Å². The molecule has 1 aromatic rings. The van der Waals surface area contributed by atoms with E-state index in [0.717, 1.165) is 13.1 Å². The SMILES string of the molecule is Cl.O=C(NC(=O)N1CCNCC1)c1ccc(Cl)cc1Cl. The minimum atomic E-state index is -0.523. The summed E-state index contributed by atoms with van der Waals surface area (Å²) in [6.07, 6.45) is 0. The van der Waals surface area contributed by atoms with Gasteiger partial charge in [-0.25, -0.2) is 4.79 Å². The fraction of sp³-hybridized carbons (Fsp3) is 0.333. The summed E-state index contributed by atoms with van der Waals surface area (Å²) in [5, 5.41) is 6.11. The standard InChI is InChI=1S/C12H13Cl2N3O2.ClH/c13-8-1-2-9(10(14)7-8)11(18)16-12(19)17-5-3-15-4-6-17;/h1-2,7,15H,3-6H2,(H,16,18,19);1H. The van der Waals surface area contributed by atoms with Crippen LogP contribution in [0.5, 0.6) is 0 Å². The van der Waals surface area contributed by atoms with E-state index >= 15 is 0 Å². The van der Waals surface area contributed by atoms with E-state index in [4.69, 9.17) is 23.2 Å². The molecule has 0 unspecified atom stereocenters. The predicted molar refractivity (Wildman–Crippen MR) is 81.0 cm³/mol. The van der Waals surface area contributed by atoms with Crippen molar-refractivity contribution in [3.8, 4) is 0 Å². The fourth-order valence-corrected chi connectivity index (χ4v) is 2.28. The molecule has 0 aromatic heterocycles. The molecule has 0 atom stereocenters. The highest BCUT2D eigenvalue weighted by Gasteiger charge is 2.20. The topological polar surface area (TPSA) is 61.4 Å². The molecule has 0 spiro atoms. The maximum Gasteiger partial charge on any atom is 0.324 e. The smallest absolute Gasteiger partial charge is 0.322 e. The van der Waals surface area contributed by atoms with Crippen molar-refractivity contribution in [1.82, 2.24) is 15.5 Å². The highest BCUT2D eigenvalue weighted by molar-refractivity contribution is 6.37. The number of piperazine rings is 1. The Morgan fingerprint density at radius 2 is 1.85 bits per heavy atom. The summed E-state index contributed by atoms with van der Waals surface area (Å²) in [4.78, 5) is 25.4. The molecule has 1 aliphatic heterocycles. The summed E-state index contributed by atoms with van der Waals surface area (Å²) in [5.74, 6) is -0.523. The number of amides is 3. The Morgan fingerprint density at radius 1 is 1.20 bits per heavy atom. The van der Waals surface area contributed by atoms with Gasteiger partial charge in [0, 0.05) is 31.2 Å². The number of benzene rings is 1. The molecular weight excluding hydrogens is 325 g/mol. The number of carbonyl (C=O) groups excluding carboxylic acids is 2. The van der Waals surface area contributed by atoms with E-state index in [-0.39, 0.29) is 23.0 Å². The molecule has 20 heavy (non-hydrogen) atoms. The number of hydrogen-bond donors (Lipinski definition) is 2. The third-order valence-electron chi connectivity index (χ3n) is 2.80. The first kappa shape index (κ1) is 17.0. The van der Waals surface area contributed by atoms with Gasteiger partial charge in [-0.05, 0) is 18.2 Å². The van der Waals surface area contributed by atoms with Gasteiger partial charge >= 0.3 is 6.03 Å². The Labute approximate surface area is 133 Å². The van der Waals surface area contributed by atoms with Crippen LogP contribution in [0.4, 0.5) is 4.79 Å². The number of nitrogens with one attached hydrogen (secondary N) is 2. The fourth-order valence-electron chi connectivity index (χ4n) is 1.79. The lowest BCUT2D eigenvalue weighted by atomic mass is 10.2. The Kier molecular flexibility index (Phi) is 6.55. The number of imide groups is 1. The molecule has 2 rings (SSSR count). The van der Waals surface area contributed by atoms with Gasteiger partial charge in [0.1, 0.15) is 0 Å². The van der Waals surface area contributed by atoms with Crippen LogP contribution in [0.25, 0.3) is 0 Å². The van der Waals surface area contributed by atoms with Crippen LogP contribution in [-0.2, 0) is 0 Å². The molecule has 0 radical (unpaired) electrons. The maximum atomic E-state index is 11.9. The Bertz CT molecular complexity index is 505. The highest BCUT2D eigenvalue weighted by Crippen LogP contribution is 2.20. The first-order valence-electron chi connectivity index (χ1n) is 5.84. The third-order valence-corrected chi connectivity index (χ3v) is 3.35. The lowest BCUT2D eigenvalue weighted by Gasteiger charge is -2.27. The number of carbonyl (C=O) groups is 2. The van der Waals surface area contributed by atoms with E-state index in [2.05, 4.69) is 10.6 Å². The normalized spacial score (nSPS) is 14.4. The number of nitrogens with zero attached hydrogens (tertiary/aromatic N) is 1. The first-order valence-corrected chi connectivity index (χ1v) is 6.59. The van der Waals surface area contributed by atoms with Gasteiger partial charge in [0.25, 0.3) is 5.91 Å². The zero-order valence-electron chi connectivity index (χ0n) is 10.5. The van der Waals surface area contributed by atoms with Gasteiger partial charge in [0.15, 0.2) is 0 Å². The molecule has 1 aromatic carbocycles. The summed E-state index contributed by atoms with van der Waals surface area (Å²) in [5.41, 5.74) is 0.231. The highest BCUT2D eigenvalue weighted by atomic mass is 35.5. The van der Waals surface area contributed by atoms with E-state index in [1.165, 1.54) is 12.1 Å². The molecule has 5 nitrogen and oxygen atoms in total. The molecule has 1 aliphatic rings. The van der Waals surface area contributed by atoms with Crippen molar-refractivity contribution in [3.05, 3.63) is 33.8 Å². The minimum Gasteiger partial charge on any atom is -0.322 e. The molecule has 2 N–H and O–H groups in total. The largest absolute Gasteiger partial charge is 0.324 e. The zero-order chi connectivity index (χ0) is 13.8. The first-order chi connectivity index (χ1) is 9.08. The Morgan fingerprint density at radius 3 is 2.45 bits per heavy atom. The molecule has 1 heterocycles. The third kappa shape index (κ3) is 4.24. The van der Waals surface area contributed by atoms with Crippen molar-refractivity contribution >= 4 is 47.5 Å². The van der Waals surface area contributed by atoms with Gasteiger partial charge in [0.2, 0.25) is 0 Å². The molecule has 110 valence electrons. The van der Waals surface area contributed by atoms with Gasteiger partial charge in [-0.15, -0.1) is 12.4 Å². The summed E-state index contributed by atoms with van der Waals surface area (Å²) < 4.78 is 0. The van der Waals surface area contributed by atoms with E-state index in [0.29, 0.717) is 18.1 Å². The van der Waals surface area contributed by atoms with Crippen LogP contribution < -0.4 is 10.6 Å². The second-order valence-electron chi connectivity index (χ2n) is 4.12. The van der Waals surface area contributed by atoms with Crippen LogP contribution >= 0.6 is 35.6 Å². The van der Waals surface area contributed by atoms with Crippen molar-refractivity contribution in [2.75, 3.05) is 26.2 Å². The molecule has 0 bridgehead atoms. The van der Waals surface area contributed by atoms with Crippen LogP contribution in [0.2, 0.25) is 10.0 Å². The van der Waals surface area contributed by atoms with Crippen LogP contribution in [0.15, 0.2) is 18.2 Å². The van der Waals surface area contributed by atoms with Gasteiger partial charge in [-0.3, -0.25) is 10.1 Å². The van der Waals surface area contributed by atoms with Crippen molar-refractivity contribution in [3.63, 3.8) is 0 Å². The van der Waals surface area contributed by atoms with E-state index in [9.17, 15) is 9.59 Å². The molecule has 0 saturated carbocycles. The van der Waals surface area contributed by atoms with Gasteiger partial charge in [0.05, 0.1) is 10.6 Å². The van der Waals surface area contributed by atoms with Crippen LogP contribution in [0, 0.1) is 0 Å². The molecule has 8 heteroatoms. The van der Waals surface area contributed by atoms with Gasteiger partial charge < -0.3 is 10.2 Å². The molecule has 1 saturated heterocycles. The molecule has 3 amide bonds. The monoisotopic (exact) mass is 337 g/mol. The zero-order valence-corrected chi connectivity index (χ0v) is 12.8. The van der Waals surface area contributed by atoms with E-state index < -0.39 is 11.9 Å². The number of hydrogen-bond acceptors (Lipinski definition) is 3. The van der Waals surface area contributed by atoms with Crippen molar-refractivity contribution in [2.24, 2.45) is 0 Å². The van der Waals surface area contributed by atoms with Crippen LogP contribution in [-0.4, -0.2) is 43.0 Å². The van der Waals surface area contributed by atoms with Crippen LogP contribution in [0.3, 0.4) is 0 Å². The quantitative estimate of drug-likeness (QED) is 0.825. The Balaban J connectivity index is 0.00000200.